The molecular weight excluding hydrogens is 456 g/mol. The number of nitrogens with zero attached hydrogens (tertiary/aromatic N) is 2. The Morgan fingerprint density at radius 2 is 1.85 bits per heavy atom. The van der Waals surface area contributed by atoms with Crippen molar-refractivity contribution >= 4 is 39.1 Å². The lowest BCUT2D eigenvalue weighted by Gasteiger charge is -2.29. The van der Waals surface area contributed by atoms with E-state index in [2.05, 4.69) is 15.6 Å². The van der Waals surface area contributed by atoms with E-state index in [1.54, 1.807) is 43.3 Å². The Morgan fingerprint density at radius 1 is 1.15 bits per heavy atom. The summed E-state index contributed by atoms with van der Waals surface area (Å²) in [4.78, 5) is 45.1. The monoisotopic (exact) mass is 486 g/mol. The Balaban J connectivity index is 1.92. The first-order chi connectivity index (χ1) is 16.1. The molecule has 10 heteroatoms. The second-order valence-corrected chi connectivity index (χ2v) is 10.8. The average Bonchev–Trinajstić information content (AvgIpc) is 3.20. The summed E-state index contributed by atoms with van der Waals surface area (Å²) in [6.07, 6.45) is 3.32. The van der Waals surface area contributed by atoms with E-state index in [0.717, 1.165) is 11.8 Å². The van der Waals surface area contributed by atoms with E-state index in [0.29, 0.717) is 17.9 Å². The summed E-state index contributed by atoms with van der Waals surface area (Å²) in [5.74, 6) is -1.61. The highest BCUT2D eigenvalue weighted by molar-refractivity contribution is 7.90. The van der Waals surface area contributed by atoms with Gasteiger partial charge in [0.05, 0.1) is 5.75 Å². The van der Waals surface area contributed by atoms with Crippen molar-refractivity contribution in [3.63, 3.8) is 0 Å². The molecule has 3 amide bonds. The lowest BCUT2D eigenvalue weighted by atomic mass is 10.1. The first kappa shape index (κ1) is 25.4. The van der Waals surface area contributed by atoms with E-state index in [9.17, 15) is 22.8 Å². The highest BCUT2D eigenvalue weighted by atomic mass is 32.2. The zero-order valence-electron chi connectivity index (χ0n) is 19.5. The molecule has 3 atom stereocenters. The van der Waals surface area contributed by atoms with Gasteiger partial charge in [-0.05, 0) is 36.6 Å². The van der Waals surface area contributed by atoms with Gasteiger partial charge in [-0.25, -0.2) is 13.4 Å². The van der Waals surface area contributed by atoms with Gasteiger partial charge in [-0.2, -0.15) is 0 Å². The number of para-hydroxylation sites is 1. The number of hydrogen-bond donors (Lipinski definition) is 2. The van der Waals surface area contributed by atoms with Crippen LogP contribution in [-0.2, 0) is 30.6 Å². The summed E-state index contributed by atoms with van der Waals surface area (Å²) in [5, 5.41) is 5.53. The lowest BCUT2D eigenvalue weighted by molar-refractivity contribution is -0.130. The van der Waals surface area contributed by atoms with Gasteiger partial charge >= 0.3 is 0 Å². The van der Waals surface area contributed by atoms with Crippen molar-refractivity contribution in [3.05, 3.63) is 54.2 Å². The van der Waals surface area contributed by atoms with Gasteiger partial charge in [0.25, 0.3) is 5.91 Å². The summed E-state index contributed by atoms with van der Waals surface area (Å²) in [6, 6.07) is 10.4. The summed E-state index contributed by atoms with van der Waals surface area (Å²) in [7, 11) is -3.39. The fourth-order valence-corrected chi connectivity index (χ4v) is 4.39. The maximum atomic E-state index is 13.7. The van der Waals surface area contributed by atoms with Gasteiger partial charge in [0.1, 0.15) is 27.7 Å². The zero-order valence-corrected chi connectivity index (χ0v) is 20.3. The molecule has 9 nitrogen and oxygen atoms in total. The molecule has 182 valence electrons. The van der Waals surface area contributed by atoms with Gasteiger partial charge in [-0.1, -0.05) is 38.1 Å². The number of fused-ring (bicyclic) bond motifs is 1. The minimum Gasteiger partial charge on any atom is -0.344 e. The highest BCUT2D eigenvalue weighted by Gasteiger charge is 2.42. The molecule has 0 saturated heterocycles. The van der Waals surface area contributed by atoms with E-state index < -0.39 is 33.7 Å². The lowest BCUT2D eigenvalue weighted by Crippen LogP contribution is -2.55. The predicted octanol–water partition coefficient (Wildman–Crippen LogP) is 1.94. The van der Waals surface area contributed by atoms with Crippen LogP contribution >= 0.6 is 0 Å². The van der Waals surface area contributed by atoms with Crippen LogP contribution in [0.2, 0.25) is 0 Å². The van der Waals surface area contributed by atoms with Crippen LogP contribution in [0.5, 0.6) is 0 Å². The molecular formula is C24H30N4O5S. The Bertz CT molecular complexity index is 1150. The van der Waals surface area contributed by atoms with Crippen LogP contribution < -0.4 is 15.5 Å². The summed E-state index contributed by atoms with van der Waals surface area (Å²) in [5.41, 5.74) is 1.31. The molecule has 0 unspecified atom stereocenters. The van der Waals surface area contributed by atoms with Crippen LogP contribution in [-0.4, -0.2) is 55.2 Å². The Kier molecular flexibility index (Phi) is 8.03. The topological polar surface area (TPSA) is 126 Å². The SMILES string of the molecule is CC[C@@H](C)C(=O)N[C@@H](CCS(C)(=O)=O)C(=O)N1c2ncccc2C[C@@H]1C(=O)Nc1ccccc1. The van der Waals surface area contributed by atoms with Crippen molar-refractivity contribution in [3.8, 4) is 0 Å². The second kappa shape index (κ2) is 10.8. The molecule has 1 aromatic heterocycles. The zero-order chi connectivity index (χ0) is 24.9. The number of amides is 3. The van der Waals surface area contributed by atoms with Gasteiger partial charge < -0.3 is 10.6 Å². The second-order valence-electron chi connectivity index (χ2n) is 8.56. The van der Waals surface area contributed by atoms with Crippen LogP contribution in [0, 0.1) is 5.92 Å². The molecule has 34 heavy (non-hydrogen) atoms. The molecule has 1 aromatic carbocycles. The van der Waals surface area contributed by atoms with Gasteiger partial charge in [0, 0.05) is 30.5 Å². The Morgan fingerprint density at radius 3 is 2.50 bits per heavy atom. The van der Waals surface area contributed by atoms with Gasteiger partial charge in [0.15, 0.2) is 0 Å². The van der Waals surface area contributed by atoms with E-state index in [1.807, 2.05) is 13.0 Å². The number of rotatable bonds is 9. The van der Waals surface area contributed by atoms with Crippen molar-refractivity contribution in [1.29, 1.82) is 0 Å². The quantitative estimate of drug-likeness (QED) is 0.558. The number of sulfone groups is 1. The van der Waals surface area contributed by atoms with Crippen LogP contribution in [0.25, 0.3) is 0 Å². The fourth-order valence-electron chi connectivity index (χ4n) is 3.73. The van der Waals surface area contributed by atoms with Crippen molar-refractivity contribution in [1.82, 2.24) is 10.3 Å². The molecule has 1 aliphatic heterocycles. The molecule has 0 bridgehead atoms. The average molecular weight is 487 g/mol. The van der Waals surface area contributed by atoms with E-state index in [-0.39, 0.29) is 30.4 Å². The van der Waals surface area contributed by atoms with Crippen molar-refractivity contribution in [2.45, 2.75) is 45.2 Å². The van der Waals surface area contributed by atoms with Crippen molar-refractivity contribution in [2.24, 2.45) is 5.92 Å². The van der Waals surface area contributed by atoms with Crippen molar-refractivity contribution < 1.29 is 22.8 Å². The fraction of sp³-hybridized carbons (Fsp3) is 0.417. The van der Waals surface area contributed by atoms with Crippen LogP contribution in [0.15, 0.2) is 48.7 Å². The molecule has 0 spiro atoms. The number of pyridine rings is 1. The third kappa shape index (κ3) is 6.19. The third-order valence-corrected chi connectivity index (χ3v) is 6.83. The highest BCUT2D eigenvalue weighted by Crippen LogP contribution is 2.31. The molecule has 0 radical (unpaired) electrons. The maximum absolute atomic E-state index is 13.7. The molecule has 0 fully saturated rings. The van der Waals surface area contributed by atoms with Gasteiger partial charge in [-0.3, -0.25) is 19.3 Å². The molecule has 0 saturated carbocycles. The van der Waals surface area contributed by atoms with Crippen molar-refractivity contribution in [2.75, 3.05) is 22.2 Å². The van der Waals surface area contributed by atoms with Crippen LogP contribution in [0.4, 0.5) is 11.5 Å². The number of hydrogen-bond acceptors (Lipinski definition) is 6. The molecule has 0 aliphatic carbocycles. The maximum Gasteiger partial charge on any atom is 0.251 e. The van der Waals surface area contributed by atoms with E-state index >= 15 is 0 Å². The smallest absolute Gasteiger partial charge is 0.251 e. The van der Waals surface area contributed by atoms with Gasteiger partial charge in [0.2, 0.25) is 11.8 Å². The summed E-state index contributed by atoms with van der Waals surface area (Å²) in [6.45, 7) is 3.58. The summed E-state index contributed by atoms with van der Waals surface area (Å²) < 4.78 is 23.6. The number of nitrogens with one attached hydrogen (secondary N) is 2. The number of anilines is 2. The summed E-state index contributed by atoms with van der Waals surface area (Å²) >= 11 is 0. The molecule has 2 aromatic rings. The van der Waals surface area contributed by atoms with Gasteiger partial charge in [-0.15, -0.1) is 0 Å². The Labute approximate surface area is 199 Å². The molecule has 3 rings (SSSR count). The molecule has 1 aliphatic rings. The number of aromatic nitrogens is 1. The Hall–Kier alpha value is -3.27. The first-order valence-corrected chi connectivity index (χ1v) is 13.3. The standard InChI is InChI=1S/C24H30N4O5S/c1-4-16(2)22(29)27-19(12-14-34(3,32)33)24(31)28-20(15-17-9-8-13-25-21(17)28)23(30)26-18-10-6-5-7-11-18/h5-11,13,16,19-20H,4,12,14-15H2,1-3H3,(H,26,30)(H,27,29)/t16-,19+,20-/m1/s1. The molecule has 2 N–H and O–H groups in total. The number of benzene rings is 1. The largest absolute Gasteiger partial charge is 0.344 e. The van der Waals surface area contributed by atoms with Crippen LogP contribution in [0.1, 0.15) is 32.3 Å². The third-order valence-electron chi connectivity index (χ3n) is 5.85. The van der Waals surface area contributed by atoms with E-state index in [1.165, 1.54) is 11.1 Å². The first-order valence-electron chi connectivity index (χ1n) is 11.2. The minimum atomic E-state index is -3.39. The minimum absolute atomic E-state index is 0.106. The molecule has 2 heterocycles. The predicted molar refractivity (Wildman–Crippen MR) is 130 cm³/mol. The van der Waals surface area contributed by atoms with E-state index in [4.69, 9.17) is 0 Å². The van der Waals surface area contributed by atoms with Crippen LogP contribution in [0.3, 0.4) is 0 Å². The number of carbonyl (C=O) groups excluding carboxylic acids is 3. The normalized spacial score (nSPS) is 16.9. The number of carbonyl (C=O) groups is 3.